The van der Waals surface area contributed by atoms with Gasteiger partial charge in [-0.1, -0.05) is 35.5 Å². The highest BCUT2D eigenvalue weighted by molar-refractivity contribution is 5.97. The van der Waals surface area contributed by atoms with Gasteiger partial charge in [-0.3, -0.25) is 9.59 Å². The molecule has 7 nitrogen and oxygen atoms in total. The molecule has 1 saturated heterocycles. The highest BCUT2D eigenvalue weighted by Gasteiger charge is 2.36. The lowest BCUT2D eigenvalue weighted by Gasteiger charge is -2.34. The minimum atomic E-state index is -0.969. The molecule has 4 rings (SSSR count). The van der Waals surface area contributed by atoms with E-state index in [2.05, 4.69) is 15.6 Å². The van der Waals surface area contributed by atoms with E-state index in [1.54, 1.807) is 24.3 Å². The molecule has 0 radical (unpaired) electrons. The molecule has 1 aromatic heterocycles. The average Bonchev–Trinajstić information content (AvgIpc) is 3.17. The van der Waals surface area contributed by atoms with Crippen molar-refractivity contribution in [2.45, 2.75) is 12.6 Å². The lowest BCUT2D eigenvalue weighted by atomic mass is 10.0. The predicted octanol–water partition coefficient (Wildman–Crippen LogP) is 1.92. The van der Waals surface area contributed by atoms with Crippen molar-refractivity contribution in [2.75, 3.05) is 13.1 Å². The summed E-state index contributed by atoms with van der Waals surface area (Å²) < 4.78 is 28.8. The van der Waals surface area contributed by atoms with E-state index in [4.69, 9.17) is 0 Å². The number of carbonyl (C=O) groups is 2. The van der Waals surface area contributed by atoms with Crippen molar-refractivity contribution in [1.29, 1.82) is 0 Å². The van der Waals surface area contributed by atoms with Crippen molar-refractivity contribution in [3.63, 3.8) is 0 Å². The predicted molar refractivity (Wildman–Crippen MR) is 98.7 cm³/mol. The first-order valence-corrected chi connectivity index (χ1v) is 9.00. The zero-order valence-corrected chi connectivity index (χ0v) is 15.3. The molecule has 0 bridgehead atoms. The Bertz CT molecular complexity index is 1070. The summed E-state index contributed by atoms with van der Waals surface area (Å²) >= 11 is 0. The van der Waals surface area contributed by atoms with E-state index in [1.807, 2.05) is 0 Å². The van der Waals surface area contributed by atoms with Gasteiger partial charge in [-0.05, 0) is 23.8 Å². The van der Waals surface area contributed by atoms with Crippen LogP contribution < -0.4 is 5.32 Å². The van der Waals surface area contributed by atoms with Crippen LogP contribution in [0.15, 0.2) is 54.7 Å². The van der Waals surface area contributed by atoms with Gasteiger partial charge in [0, 0.05) is 18.7 Å². The molecule has 1 N–H and O–H groups in total. The van der Waals surface area contributed by atoms with Gasteiger partial charge in [0.05, 0.1) is 12.7 Å². The molecule has 3 aromatic rings. The van der Waals surface area contributed by atoms with Gasteiger partial charge >= 0.3 is 0 Å². The zero-order chi connectivity index (χ0) is 20.4. The SMILES string of the molecule is O=C1NCCN(C(=O)c2cn(Cc3ccccc3F)nn2)[C@H]1c1cccc(F)c1. The fraction of sp³-hybridized carbons (Fsp3) is 0.200. The molecule has 2 heterocycles. The van der Waals surface area contributed by atoms with E-state index in [0.717, 1.165) is 0 Å². The van der Waals surface area contributed by atoms with E-state index in [1.165, 1.54) is 40.0 Å². The molecule has 0 aliphatic carbocycles. The molecule has 1 atom stereocenters. The van der Waals surface area contributed by atoms with Crippen LogP contribution in [0.5, 0.6) is 0 Å². The number of benzene rings is 2. The van der Waals surface area contributed by atoms with Gasteiger partial charge in [0.1, 0.15) is 17.7 Å². The molecule has 9 heteroatoms. The summed E-state index contributed by atoms with van der Waals surface area (Å²) in [6, 6.07) is 10.9. The van der Waals surface area contributed by atoms with E-state index in [9.17, 15) is 18.4 Å². The molecule has 0 saturated carbocycles. The van der Waals surface area contributed by atoms with Gasteiger partial charge in [-0.15, -0.1) is 5.10 Å². The van der Waals surface area contributed by atoms with Crippen molar-refractivity contribution < 1.29 is 18.4 Å². The summed E-state index contributed by atoms with van der Waals surface area (Å²) in [6.45, 7) is 0.631. The number of hydrogen-bond acceptors (Lipinski definition) is 4. The molecule has 2 aromatic carbocycles. The van der Waals surface area contributed by atoms with E-state index in [-0.39, 0.29) is 31.1 Å². The third kappa shape index (κ3) is 3.84. The minimum Gasteiger partial charge on any atom is -0.352 e. The lowest BCUT2D eigenvalue weighted by molar-refractivity contribution is -0.128. The number of aromatic nitrogens is 3. The molecule has 0 spiro atoms. The van der Waals surface area contributed by atoms with Crippen LogP contribution in [-0.2, 0) is 11.3 Å². The van der Waals surface area contributed by atoms with Crippen LogP contribution >= 0.6 is 0 Å². The standard InChI is InChI=1S/C20H17F2N5O2/c21-15-6-3-5-13(10-15)18-19(28)23-8-9-27(18)20(29)17-12-26(25-24-17)11-14-4-1-2-7-16(14)22/h1-7,10,12,18H,8-9,11H2,(H,23,28)/t18-/m0/s1. The lowest BCUT2D eigenvalue weighted by Crippen LogP contribution is -2.52. The van der Waals surface area contributed by atoms with Gasteiger partial charge in [0.15, 0.2) is 5.69 Å². The Hall–Kier alpha value is -3.62. The summed E-state index contributed by atoms with van der Waals surface area (Å²) in [5, 5.41) is 10.5. The number of nitrogens with zero attached hydrogens (tertiary/aromatic N) is 4. The topological polar surface area (TPSA) is 80.1 Å². The first kappa shape index (κ1) is 18.7. The molecular weight excluding hydrogens is 380 g/mol. The van der Waals surface area contributed by atoms with Crippen LogP contribution in [0.25, 0.3) is 0 Å². The van der Waals surface area contributed by atoms with Crippen molar-refractivity contribution in [3.05, 3.63) is 83.2 Å². The van der Waals surface area contributed by atoms with E-state index >= 15 is 0 Å². The fourth-order valence-corrected chi connectivity index (χ4v) is 3.32. The molecular formula is C20H17F2N5O2. The Morgan fingerprint density at radius 2 is 2.00 bits per heavy atom. The Morgan fingerprint density at radius 1 is 1.17 bits per heavy atom. The molecule has 2 amide bonds. The van der Waals surface area contributed by atoms with Crippen LogP contribution in [-0.4, -0.2) is 44.8 Å². The minimum absolute atomic E-state index is 0.0254. The van der Waals surface area contributed by atoms with Gasteiger partial charge in [-0.25, -0.2) is 13.5 Å². The van der Waals surface area contributed by atoms with Crippen LogP contribution in [0.3, 0.4) is 0 Å². The third-order valence-electron chi connectivity index (χ3n) is 4.69. The highest BCUT2D eigenvalue weighted by Crippen LogP contribution is 2.25. The Labute approximate surface area is 164 Å². The van der Waals surface area contributed by atoms with Gasteiger partial charge < -0.3 is 10.2 Å². The van der Waals surface area contributed by atoms with Crippen molar-refractivity contribution in [2.24, 2.45) is 0 Å². The second-order valence-electron chi connectivity index (χ2n) is 6.64. The van der Waals surface area contributed by atoms with Gasteiger partial charge in [-0.2, -0.15) is 0 Å². The monoisotopic (exact) mass is 397 g/mol. The van der Waals surface area contributed by atoms with Crippen LogP contribution in [0, 0.1) is 11.6 Å². The number of piperazine rings is 1. The molecule has 1 aliphatic heterocycles. The van der Waals surface area contributed by atoms with Crippen molar-refractivity contribution in [3.8, 4) is 0 Å². The van der Waals surface area contributed by atoms with Gasteiger partial charge in [0.2, 0.25) is 5.91 Å². The normalized spacial score (nSPS) is 16.6. The van der Waals surface area contributed by atoms with Crippen LogP contribution in [0.4, 0.5) is 8.78 Å². The zero-order valence-electron chi connectivity index (χ0n) is 15.3. The smallest absolute Gasteiger partial charge is 0.277 e. The first-order valence-electron chi connectivity index (χ1n) is 9.00. The molecule has 1 fully saturated rings. The maximum atomic E-state index is 13.8. The second-order valence-corrected chi connectivity index (χ2v) is 6.64. The van der Waals surface area contributed by atoms with Gasteiger partial charge in [0.25, 0.3) is 5.91 Å². The quantitative estimate of drug-likeness (QED) is 0.730. The number of rotatable bonds is 4. The molecule has 29 heavy (non-hydrogen) atoms. The summed E-state index contributed by atoms with van der Waals surface area (Å²) in [5.41, 5.74) is 0.804. The molecule has 0 unspecified atom stereocenters. The van der Waals surface area contributed by atoms with Crippen LogP contribution in [0.2, 0.25) is 0 Å². The number of hydrogen-bond donors (Lipinski definition) is 1. The summed E-state index contributed by atoms with van der Waals surface area (Å²) in [7, 11) is 0. The van der Waals surface area contributed by atoms with Crippen LogP contribution in [0.1, 0.15) is 27.7 Å². The summed E-state index contributed by atoms with van der Waals surface area (Å²) in [5.74, 6) is -1.78. The summed E-state index contributed by atoms with van der Waals surface area (Å²) in [6.07, 6.45) is 1.41. The van der Waals surface area contributed by atoms with Crippen molar-refractivity contribution >= 4 is 11.8 Å². The Kier molecular flexibility index (Phi) is 5.03. The highest BCUT2D eigenvalue weighted by atomic mass is 19.1. The molecule has 148 valence electrons. The third-order valence-corrected chi connectivity index (χ3v) is 4.69. The van der Waals surface area contributed by atoms with E-state index < -0.39 is 23.7 Å². The second kappa shape index (κ2) is 7.78. The number of amides is 2. The fourth-order valence-electron chi connectivity index (χ4n) is 3.32. The maximum absolute atomic E-state index is 13.8. The largest absolute Gasteiger partial charge is 0.352 e. The van der Waals surface area contributed by atoms with E-state index in [0.29, 0.717) is 11.1 Å². The average molecular weight is 397 g/mol. The number of nitrogens with one attached hydrogen (secondary N) is 1. The molecule has 1 aliphatic rings. The Balaban J connectivity index is 1.58. The first-order chi connectivity index (χ1) is 14.0. The summed E-state index contributed by atoms with van der Waals surface area (Å²) in [4.78, 5) is 26.8. The maximum Gasteiger partial charge on any atom is 0.277 e. The van der Waals surface area contributed by atoms with Crippen molar-refractivity contribution in [1.82, 2.24) is 25.2 Å². The number of halogens is 2. The number of carbonyl (C=O) groups excluding carboxylic acids is 2. The Morgan fingerprint density at radius 3 is 2.79 bits per heavy atom.